The first-order valence-corrected chi connectivity index (χ1v) is 10.7. The van der Waals surface area contributed by atoms with Crippen molar-refractivity contribution < 1.29 is 29.1 Å². The van der Waals surface area contributed by atoms with Gasteiger partial charge in [-0.3, -0.25) is 9.78 Å². The van der Waals surface area contributed by atoms with Crippen LogP contribution in [0, 0.1) is 27.7 Å². The first-order chi connectivity index (χ1) is 14.8. The second kappa shape index (κ2) is 12.2. The Morgan fingerprint density at radius 2 is 1.23 bits per heavy atom. The van der Waals surface area contributed by atoms with E-state index in [1.165, 1.54) is 0 Å². The molecule has 0 atom stereocenters. The molecule has 2 rings (SSSR count). The topological polar surface area (TPSA) is 71.1 Å². The van der Waals surface area contributed by atoms with E-state index in [1.54, 1.807) is 12.1 Å². The molecule has 6 nitrogen and oxygen atoms in total. The van der Waals surface area contributed by atoms with Gasteiger partial charge in [0.2, 0.25) is 6.29 Å². The maximum Gasteiger partial charge on any atom is 0.373 e. The minimum absolute atomic E-state index is 0.405. The molecule has 2 aromatic carbocycles. The summed E-state index contributed by atoms with van der Waals surface area (Å²) in [5.74, 6) is -1.25. The van der Waals surface area contributed by atoms with Crippen LogP contribution in [0.15, 0.2) is 36.4 Å². The van der Waals surface area contributed by atoms with Crippen LogP contribution in [0.2, 0.25) is 0 Å². The molecule has 0 amide bonds. The van der Waals surface area contributed by atoms with E-state index in [9.17, 15) is 9.59 Å². The summed E-state index contributed by atoms with van der Waals surface area (Å²) in [4.78, 5) is 45.2. The molecule has 168 valence electrons. The van der Waals surface area contributed by atoms with Crippen LogP contribution < -0.4 is 0 Å². The number of hydrogen-bond acceptors (Lipinski definition) is 6. The van der Waals surface area contributed by atoms with Crippen molar-refractivity contribution in [2.75, 3.05) is 0 Å². The quantitative estimate of drug-likeness (QED) is 0.187. The van der Waals surface area contributed by atoms with E-state index in [0.29, 0.717) is 17.5 Å². The van der Waals surface area contributed by atoms with Crippen LogP contribution in [-0.4, -0.2) is 18.2 Å². The molecular formula is C25H32O6. The molecule has 0 saturated heterocycles. The van der Waals surface area contributed by atoms with Gasteiger partial charge in [-0.2, -0.15) is 0 Å². The maximum atomic E-state index is 12.4. The van der Waals surface area contributed by atoms with Gasteiger partial charge in [-0.05, 0) is 57.4 Å². The van der Waals surface area contributed by atoms with Crippen molar-refractivity contribution in [2.24, 2.45) is 0 Å². The summed E-state index contributed by atoms with van der Waals surface area (Å²) in [5, 5.41) is 0. The standard InChI is InChI=1S/C25H32O6/c1-6-7-8-9-10-23(28-30-24(26)21-13-11-17(2)15-19(21)4)29-31-25(27)22-14-12-18(3)16-20(22)5/h11-16,23H,6-10H2,1-5H3. The van der Waals surface area contributed by atoms with E-state index in [2.05, 4.69) is 6.92 Å². The molecule has 0 N–H and O–H groups in total. The number of unbranched alkanes of at least 4 members (excludes halogenated alkanes) is 3. The number of carbonyl (C=O) groups is 2. The van der Waals surface area contributed by atoms with Crippen LogP contribution in [0.5, 0.6) is 0 Å². The predicted octanol–water partition coefficient (Wildman–Crippen LogP) is 6.09. The van der Waals surface area contributed by atoms with Gasteiger partial charge in [0, 0.05) is 6.42 Å². The van der Waals surface area contributed by atoms with Gasteiger partial charge >= 0.3 is 11.9 Å². The lowest BCUT2D eigenvalue weighted by Gasteiger charge is -2.16. The van der Waals surface area contributed by atoms with E-state index in [0.717, 1.165) is 47.9 Å². The highest BCUT2D eigenvalue weighted by Gasteiger charge is 2.21. The zero-order valence-corrected chi connectivity index (χ0v) is 19.0. The Hall–Kier alpha value is -2.70. The Bertz CT molecular complexity index is 822. The van der Waals surface area contributed by atoms with E-state index >= 15 is 0 Å². The molecule has 0 radical (unpaired) electrons. The predicted molar refractivity (Wildman–Crippen MR) is 117 cm³/mol. The third kappa shape index (κ3) is 7.81. The minimum Gasteiger partial charge on any atom is -0.290 e. The number of hydrogen-bond donors (Lipinski definition) is 0. The summed E-state index contributed by atoms with van der Waals surface area (Å²) < 4.78 is 0. The number of carbonyl (C=O) groups excluding carboxylic acids is 2. The zero-order chi connectivity index (χ0) is 22.8. The first kappa shape index (κ1) is 24.6. The average molecular weight is 429 g/mol. The third-order valence-corrected chi connectivity index (χ3v) is 4.96. The van der Waals surface area contributed by atoms with Crippen molar-refractivity contribution in [1.82, 2.24) is 0 Å². The van der Waals surface area contributed by atoms with Gasteiger partial charge < -0.3 is 0 Å². The molecule has 0 aromatic heterocycles. The summed E-state index contributed by atoms with van der Waals surface area (Å²) in [6.07, 6.45) is 3.30. The van der Waals surface area contributed by atoms with Crippen LogP contribution in [-0.2, 0) is 19.6 Å². The molecule has 0 heterocycles. The minimum atomic E-state index is -1.01. The number of aryl methyl sites for hydroxylation is 4. The van der Waals surface area contributed by atoms with Crippen molar-refractivity contribution in [3.05, 3.63) is 69.8 Å². The van der Waals surface area contributed by atoms with Crippen LogP contribution in [0.25, 0.3) is 0 Å². The maximum absolute atomic E-state index is 12.4. The molecular weight excluding hydrogens is 396 g/mol. The highest BCUT2D eigenvalue weighted by Crippen LogP contribution is 2.17. The summed E-state index contributed by atoms with van der Waals surface area (Å²) >= 11 is 0. The monoisotopic (exact) mass is 428 g/mol. The zero-order valence-electron chi connectivity index (χ0n) is 19.0. The first-order valence-electron chi connectivity index (χ1n) is 10.7. The second-order valence-corrected chi connectivity index (χ2v) is 7.85. The van der Waals surface area contributed by atoms with Crippen LogP contribution in [0.1, 0.15) is 82.0 Å². The Labute approximate surface area is 184 Å². The van der Waals surface area contributed by atoms with Gasteiger partial charge in [0.15, 0.2) is 0 Å². The van der Waals surface area contributed by atoms with Crippen molar-refractivity contribution >= 4 is 11.9 Å². The molecule has 0 aliphatic heterocycles. The summed E-state index contributed by atoms with van der Waals surface area (Å²) in [6.45, 7) is 9.66. The van der Waals surface area contributed by atoms with Gasteiger partial charge in [-0.15, -0.1) is 9.78 Å². The molecule has 0 bridgehead atoms. The van der Waals surface area contributed by atoms with Crippen LogP contribution in [0.4, 0.5) is 0 Å². The Morgan fingerprint density at radius 3 is 1.65 bits per heavy atom. The van der Waals surface area contributed by atoms with E-state index in [1.807, 2.05) is 52.0 Å². The van der Waals surface area contributed by atoms with E-state index < -0.39 is 18.2 Å². The molecule has 0 fully saturated rings. The van der Waals surface area contributed by atoms with Crippen molar-refractivity contribution in [3.8, 4) is 0 Å². The third-order valence-electron chi connectivity index (χ3n) is 4.96. The molecule has 0 aliphatic carbocycles. The Morgan fingerprint density at radius 1 is 0.742 bits per heavy atom. The fourth-order valence-electron chi connectivity index (χ4n) is 3.22. The van der Waals surface area contributed by atoms with Crippen LogP contribution >= 0.6 is 0 Å². The lowest BCUT2D eigenvalue weighted by Crippen LogP contribution is -2.22. The summed E-state index contributed by atoms with van der Waals surface area (Å²) in [6, 6.07) is 10.8. The Kier molecular flexibility index (Phi) is 9.69. The average Bonchev–Trinajstić information content (AvgIpc) is 2.72. The second-order valence-electron chi connectivity index (χ2n) is 7.85. The lowest BCUT2D eigenvalue weighted by molar-refractivity contribution is -0.421. The Balaban J connectivity index is 1.97. The number of benzene rings is 2. The molecule has 6 heteroatoms. The molecule has 0 saturated carbocycles. The fraction of sp³-hybridized carbons (Fsp3) is 0.440. The van der Waals surface area contributed by atoms with Gasteiger partial charge in [0.25, 0.3) is 0 Å². The highest BCUT2D eigenvalue weighted by atomic mass is 17.3. The van der Waals surface area contributed by atoms with E-state index in [4.69, 9.17) is 19.6 Å². The van der Waals surface area contributed by atoms with Gasteiger partial charge in [-0.1, -0.05) is 61.6 Å². The summed E-state index contributed by atoms with van der Waals surface area (Å²) in [7, 11) is 0. The molecule has 2 aromatic rings. The van der Waals surface area contributed by atoms with Gasteiger partial charge in [0.05, 0.1) is 11.1 Å². The molecule has 0 aliphatic rings. The van der Waals surface area contributed by atoms with Gasteiger partial charge in [-0.25, -0.2) is 9.59 Å². The molecule has 0 spiro atoms. The fourth-order valence-corrected chi connectivity index (χ4v) is 3.22. The highest BCUT2D eigenvalue weighted by molar-refractivity contribution is 5.91. The summed E-state index contributed by atoms with van der Waals surface area (Å²) in [5.41, 5.74) is 4.48. The normalized spacial score (nSPS) is 10.9. The largest absolute Gasteiger partial charge is 0.373 e. The van der Waals surface area contributed by atoms with Crippen molar-refractivity contribution in [1.29, 1.82) is 0 Å². The van der Waals surface area contributed by atoms with E-state index in [-0.39, 0.29) is 0 Å². The smallest absolute Gasteiger partial charge is 0.290 e. The van der Waals surface area contributed by atoms with Gasteiger partial charge in [0.1, 0.15) is 0 Å². The van der Waals surface area contributed by atoms with Crippen LogP contribution in [0.3, 0.4) is 0 Å². The SMILES string of the molecule is CCCCCCC(OOC(=O)c1ccc(C)cc1C)OOC(=O)c1ccc(C)cc1C. The molecule has 31 heavy (non-hydrogen) atoms. The molecule has 0 unspecified atom stereocenters. The van der Waals surface area contributed by atoms with Crippen molar-refractivity contribution in [2.45, 2.75) is 73.0 Å². The number of rotatable bonds is 11. The lowest BCUT2D eigenvalue weighted by atomic mass is 10.1. The van der Waals surface area contributed by atoms with Crippen molar-refractivity contribution in [3.63, 3.8) is 0 Å².